The first-order valence-corrected chi connectivity index (χ1v) is 9.63. The molecule has 0 radical (unpaired) electrons. The Bertz CT molecular complexity index is 1350. The van der Waals surface area contributed by atoms with Gasteiger partial charge in [-0.3, -0.25) is 4.79 Å². The van der Waals surface area contributed by atoms with Crippen LogP contribution in [0.4, 0.5) is 0 Å². The minimum atomic E-state index is -0.436. The maximum Gasteiger partial charge on any atom is 0.249 e. The summed E-state index contributed by atoms with van der Waals surface area (Å²) in [6.45, 7) is 0.555. The zero-order valence-corrected chi connectivity index (χ0v) is 16.2. The molecule has 5 rings (SSSR count). The largest absolute Gasteiger partial charge is 0.467 e. The number of halogens is 1. The van der Waals surface area contributed by atoms with Crippen LogP contribution < -0.4 is 5.73 Å². The lowest BCUT2D eigenvalue weighted by atomic mass is 10.0. The number of primary amides is 1. The van der Waals surface area contributed by atoms with E-state index in [1.54, 1.807) is 12.3 Å². The second kappa shape index (κ2) is 6.83. The molecule has 1 amide bonds. The molecule has 5 heteroatoms. The molecule has 0 bridgehead atoms. The van der Waals surface area contributed by atoms with Crippen molar-refractivity contribution in [1.82, 2.24) is 4.57 Å². The number of hydrogen-bond donors (Lipinski definition) is 1. The Kier molecular flexibility index (Phi) is 4.14. The van der Waals surface area contributed by atoms with Crippen molar-refractivity contribution in [3.63, 3.8) is 0 Å². The molecule has 2 N–H and O–H groups in total. The average Bonchev–Trinajstić information content (AvgIpc) is 3.35. The predicted octanol–water partition coefficient (Wildman–Crippen LogP) is 5.86. The van der Waals surface area contributed by atoms with E-state index in [4.69, 9.17) is 21.8 Å². The molecule has 5 aromatic rings. The van der Waals surface area contributed by atoms with E-state index in [9.17, 15) is 4.79 Å². The highest BCUT2D eigenvalue weighted by Crippen LogP contribution is 2.35. The maximum absolute atomic E-state index is 12.1. The summed E-state index contributed by atoms with van der Waals surface area (Å²) in [6, 6.07) is 23.4. The van der Waals surface area contributed by atoms with Gasteiger partial charge in [0.05, 0.1) is 23.8 Å². The fourth-order valence-corrected chi connectivity index (χ4v) is 4.03. The molecule has 142 valence electrons. The van der Waals surface area contributed by atoms with Gasteiger partial charge < -0.3 is 14.7 Å². The summed E-state index contributed by atoms with van der Waals surface area (Å²) in [5, 5.41) is 2.55. The lowest BCUT2D eigenvalue weighted by Gasteiger charge is -2.07. The standard InChI is InChI=1S/C24H17ClN2O2/c25-17-9-6-15(7-10-17)16-8-11-19-22(13-16)27(14-18-3-2-12-29-18)21-5-1-4-20(23(19)21)24(26)28/h1-13H,14H2,(H2,26,28). The van der Waals surface area contributed by atoms with Crippen LogP contribution in [0.15, 0.2) is 83.5 Å². The lowest BCUT2D eigenvalue weighted by Crippen LogP contribution is -2.11. The van der Waals surface area contributed by atoms with Crippen LogP contribution >= 0.6 is 11.6 Å². The number of nitrogens with zero attached hydrogens (tertiary/aromatic N) is 1. The first-order chi connectivity index (χ1) is 14.1. The number of aromatic nitrogens is 1. The molecule has 2 heterocycles. The number of carbonyl (C=O) groups excluding carboxylic acids is 1. The highest BCUT2D eigenvalue weighted by Gasteiger charge is 2.17. The fraction of sp³-hybridized carbons (Fsp3) is 0.0417. The van der Waals surface area contributed by atoms with E-state index in [1.807, 2.05) is 54.6 Å². The Morgan fingerprint density at radius 3 is 2.45 bits per heavy atom. The molecule has 29 heavy (non-hydrogen) atoms. The van der Waals surface area contributed by atoms with Crippen molar-refractivity contribution in [1.29, 1.82) is 0 Å². The normalized spacial score (nSPS) is 11.3. The molecule has 3 aromatic carbocycles. The van der Waals surface area contributed by atoms with Crippen molar-refractivity contribution in [3.05, 3.63) is 95.4 Å². The molecule has 2 aromatic heterocycles. The van der Waals surface area contributed by atoms with Gasteiger partial charge in [0.1, 0.15) is 5.76 Å². The Morgan fingerprint density at radius 2 is 1.72 bits per heavy atom. The third-order valence-corrected chi connectivity index (χ3v) is 5.48. The molecule has 4 nitrogen and oxygen atoms in total. The van der Waals surface area contributed by atoms with Gasteiger partial charge in [-0.15, -0.1) is 0 Å². The molecule has 0 aliphatic carbocycles. The van der Waals surface area contributed by atoms with Crippen LogP contribution in [0.25, 0.3) is 32.9 Å². The van der Waals surface area contributed by atoms with Gasteiger partial charge in [-0.2, -0.15) is 0 Å². The number of hydrogen-bond acceptors (Lipinski definition) is 2. The van der Waals surface area contributed by atoms with Gasteiger partial charge in [0.25, 0.3) is 0 Å². The van der Waals surface area contributed by atoms with Crippen molar-refractivity contribution < 1.29 is 9.21 Å². The number of fused-ring (bicyclic) bond motifs is 3. The van der Waals surface area contributed by atoms with Crippen LogP contribution in [-0.4, -0.2) is 10.5 Å². The molecule has 0 saturated heterocycles. The van der Waals surface area contributed by atoms with E-state index in [-0.39, 0.29) is 0 Å². The SMILES string of the molecule is NC(=O)c1cccc2c1c1ccc(-c3ccc(Cl)cc3)cc1n2Cc1ccco1. The Labute approximate surface area is 172 Å². The lowest BCUT2D eigenvalue weighted by molar-refractivity contribution is 0.100. The second-order valence-electron chi connectivity index (χ2n) is 6.97. The first-order valence-electron chi connectivity index (χ1n) is 9.25. The van der Waals surface area contributed by atoms with E-state index < -0.39 is 5.91 Å². The molecule has 0 aliphatic heterocycles. The van der Waals surface area contributed by atoms with Gasteiger partial charge in [0.15, 0.2) is 0 Å². The van der Waals surface area contributed by atoms with Crippen molar-refractivity contribution in [3.8, 4) is 11.1 Å². The van der Waals surface area contributed by atoms with Gasteiger partial charge in [-0.05, 0) is 53.6 Å². The summed E-state index contributed by atoms with van der Waals surface area (Å²) in [5.74, 6) is 0.402. The highest BCUT2D eigenvalue weighted by atomic mass is 35.5. The van der Waals surface area contributed by atoms with E-state index in [0.29, 0.717) is 17.1 Å². The minimum Gasteiger partial charge on any atom is -0.467 e. The van der Waals surface area contributed by atoms with Gasteiger partial charge >= 0.3 is 0 Å². The van der Waals surface area contributed by atoms with Gasteiger partial charge in [0.2, 0.25) is 5.91 Å². The summed E-state index contributed by atoms with van der Waals surface area (Å²) in [6.07, 6.45) is 1.66. The maximum atomic E-state index is 12.1. The summed E-state index contributed by atoms with van der Waals surface area (Å²) in [4.78, 5) is 12.1. The molecule has 0 fully saturated rings. The van der Waals surface area contributed by atoms with Crippen LogP contribution in [0.1, 0.15) is 16.1 Å². The van der Waals surface area contributed by atoms with Gasteiger partial charge in [-0.1, -0.05) is 41.9 Å². The monoisotopic (exact) mass is 400 g/mol. The quantitative estimate of drug-likeness (QED) is 0.411. The van der Waals surface area contributed by atoms with Crippen LogP contribution in [0, 0.1) is 0 Å². The van der Waals surface area contributed by atoms with E-state index >= 15 is 0 Å². The van der Waals surface area contributed by atoms with Gasteiger partial charge in [0, 0.05) is 21.4 Å². The summed E-state index contributed by atoms with van der Waals surface area (Å²) >= 11 is 6.04. The third-order valence-electron chi connectivity index (χ3n) is 5.23. The molecule has 0 saturated carbocycles. The van der Waals surface area contributed by atoms with Crippen LogP contribution in [0.2, 0.25) is 5.02 Å². The molecule has 0 spiro atoms. The number of furan rings is 1. The fourth-order valence-electron chi connectivity index (χ4n) is 3.90. The number of amides is 1. The predicted molar refractivity (Wildman–Crippen MR) is 116 cm³/mol. The smallest absolute Gasteiger partial charge is 0.249 e. The number of carbonyl (C=O) groups is 1. The van der Waals surface area contributed by atoms with E-state index in [2.05, 4.69) is 16.7 Å². The van der Waals surface area contributed by atoms with Crippen LogP contribution in [0.5, 0.6) is 0 Å². The van der Waals surface area contributed by atoms with Crippen molar-refractivity contribution in [2.75, 3.05) is 0 Å². The third kappa shape index (κ3) is 2.98. The molecule has 0 unspecified atom stereocenters. The average molecular weight is 401 g/mol. The Balaban J connectivity index is 1.81. The topological polar surface area (TPSA) is 61.2 Å². The van der Waals surface area contributed by atoms with E-state index in [1.165, 1.54) is 0 Å². The Morgan fingerprint density at radius 1 is 0.931 bits per heavy atom. The zero-order chi connectivity index (χ0) is 20.0. The zero-order valence-electron chi connectivity index (χ0n) is 15.4. The number of rotatable bonds is 4. The summed E-state index contributed by atoms with van der Waals surface area (Å²) < 4.78 is 7.75. The van der Waals surface area contributed by atoms with Gasteiger partial charge in [-0.25, -0.2) is 0 Å². The molecule has 0 aliphatic rings. The molecular weight excluding hydrogens is 384 g/mol. The summed E-state index contributed by atoms with van der Waals surface area (Å²) in [7, 11) is 0. The number of nitrogens with two attached hydrogens (primary N) is 1. The molecule has 0 atom stereocenters. The van der Waals surface area contributed by atoms with Crippen molar-refractivity contribution in [2.24, 2.45) is 5.73 Å². The Hall–Kier alpha value is -3.50. The molecular formula is C24H17ClN2O2. The number of benzene rings is 3. The van der Waals surface area contributed by atoms with Crippen molar-refractivity contribution in [2.45, 2.75) is 6.54 Å². The van der Waals surface area contributed by atoms with Crippen molar-refractivity contribution >= 4 is 39.3 Å². The highest BCUT2D eigenvalue weighted by molar-refractivity contribution is 6.30. The summed E-state index contributed by atoms with van der Waals surface area (Å²) in [5.41, 5.74) is 10.3. The first kappa shape index (κ1) is 17.6. The van der Waals surface area contributed by atoms with Crippen LogP contribution in [-0.2, 0) is 6.54 Å². The minimum absolute atomic E-state index is 0.436. The van der Waals surface area contributed by atoms with E-state index in [0.717, 1.165) is 38.7 Å². The second-order valence-corrected chi connectivity index (χ2v) is 7.40. The van der Waals surface area contributed by atoms with Crippen LogP contribution in [0.3, 0.4) is 0 Å².